The fraction of sp³-hybridized carbons (Fsp3) is 0.500. The average Bonchev–Trinajstić information content (AvgIpc) is 2.37. The number of rotatable bonds is 2. The van der Waals surface area contributed by atoms with E-state index >= 15 is 0 Å². The van der Waals surface area contributed by atoms with Crippen LogP contribution in [0.5, 0.6) is 0 Å². The molecule has 58 valence electrons. The van der Waals surface area contributed by atoms with Crippen LogP contribution in [0.1, 0.15) is 30.5 Å². The molecular formula is C8H10N2S. The number of nitrogens with zero attached hydrogens (tertiary/aromatic N) is 2. The van der Waals surface area contributed by atoms with Gasteiger partial charge in [-0.25, -0.2) is 4.98 Å². The standard InChI is InChI=1S/C8H10N2S/c1-6(2)8-10-7(3-4-9)5-11-8/h5-6H,3H2,1-2H3. The van der Waals surface area contributed by atoms with Gasteiger partial charge in [0.2, 0.25) is 0 Å². The first-order valence-electron chi connectivity index (χ1n) is 3.55. The van der Waals surface area contributed by atoms with Crippen LogP contribution < -0.4 is 0 Å². The van der Waals surface area contributed by atoms with Gasteiger partial charge < -0.3 is 0 Å². The van der Waals surface area contributed by atoms with Crippen LogP contribution in [0, 0.1) is 11.3 Å². The highest BCUT2D eigenvalue weighted by atomic mass is 32.1. The lowest BCUT2D eigenvalue weighted by Gasteiger charge is -1.95. The van der Waals surface area contributed by atoms with Crippen molar-refractivity contribution in [2.75, 3.05) is 0 Å². The second-order valence-corrected chi connectivity index (χ2v) is 3.56. The summed E-state index contributed by atoms with van der Waals surface area (Å²) in [5, 5.41) is 11.5. The lowest BCUT2D eigenvalue weighted by atomic mass is 10.2. The van der Waals surface area contributed by atoms with Gasteiger partial charge in [0, 0.05) is 11.3 Å². The lowest BCUT2D eigenvalue weighted by molar-refractivity contribution is 0.844. The summed E-state index contributed by atoms with van der Waals surface area (Å²) in [4.78, 5) is 4.30. The number of hydrogen-bond donors (Lipinski definition) is 0. The van der Waals surface area contributed by atoms with Crippen molar-refractivity contribution in [3.05, 3.63) is 16.1 Å². The number of aromatic nitrogens is 1. The Morgan fingerprint density at radius 1 is 1.73 bits per heavy atom. The van der Waals surface area contributed by atoms with Crippen molar-refractivity contribution in [1.29, 1.82) is 5.26 Å². The number of thiazole rings is 1. The predicted molar refractivity (Wildman–Crippen MR) is 45.5 cm³/mol. The molecule has 3 heteroatoms. The summed E-state index contributed by atoms with van der Waals surface area (Å²) < 4.78 is 0. The largest absolute Gasteiger partial charge is 0.245 e. The molecule has 0 aliphatic carbocycles. The third kappa shape index (κ3) is 2.02. The molecule has 0 atom stereocenters. The SMILES string of the molecule is CC(C)c1nc(CC#N)cs1. The Hall–Kier alpha value is -0.880. The smallest absolute Gasteiger partial charge is 0.0954 e. The van der Waals surface area contributed by atoms with Crippen LogP contribution in [0.15, 0.2) is 5.38 Å². The van der Waals surface area contributed by atoms with Crippen molar-refractivity contribution < 1.29 is 0 Å². The molecule has 0 amide bonds. The van der Waals surface area contributed by atoms with E-state index in [1.165, 1.54) is 0 Å². The Labute approximate surface area is 70.5 Å². The van der Waals surface area contributed by atoms with Gasteiger partial charge in [0.05, 0.1) is 23.2 Å². The normalized spacial score (nSPS) is 10.0. The van der Waals surface area contributed by atoms with Crippen LogP contribution in [-0.4, -0.2) is 4.98 Å². The molecule has 0 aromatic carbocycles. The highest BCUT2D eigenvalue weighted by molar-refractivity contribution is 7.09. The summed E-state index contributed by atoms with van der Waals surface area (Å²) in [6, 6.07) is 2.08. The van der Waals surface area contributed by atoms with E-state index in [-0.39, 0.29) is 0 Å². The molecule has 1 aromatic rings. The average molecular weight is 166 g/mol. The summed E-state index contributed by atoms with van der Waals surface area (Å²) >= 11 is 1.64. The summed E-state index contributed by atoms with van der Waals surface area (Å²) in [5.74, 6) is 0.479. The molecule has 0 aliphatic heterocycles. The maximum atomic E-state index is 8.38. The van der Waals surface area contributed by atoms with Crippen LogP contribution in [0.2, 0.25) is 0 Å². The zero-order valence-electron chi connectivity index (χ0n) is 6.66. The molecule has 1 aromatic heterocycles. The zero-order chi connectivity index (χ0) is 8.27. The van der Waals surface area contributed by atoms with Crippen molar-refractivity contribution in [2.24, 2.45) is 0 Å². The summed E-state index contributed by atoms with van der Waals surface area (Å²) in [7, 11) is 0. The zero-order valence-corrected chi connectivity index (χ0v) is 7.48. The molecule has 0 saturated carbocycles. The fourth-order valence-electron chi connectivity index (χ4n) is 0.750. The highest BCUT2D eigenvalue weighted by Gasteiger charge is 2.04. The molecule has 0 bridgehead atoms. The Balaban J connectivity index is 2.75. The first-order chi connectivity index (χ1) is 5.24. The Morgan fingerprint density at radius 3 is 2.91 bits per heavy atom. The quantitative estimate of drug-likeness (QED) is 0.676. The monoisotopic (exact) mass is 166 g/mol. The van der Waals surface area contributed by atoms with Gasteiger partial charge in [-0.1, -0.05) is 13.8 Å². The molecule has 0 aliphatic rings. The molecular weight excluding hydrogens is 156 g/mol. The van der Waals surface area contributed by atoms with Gasteiger partial charge in [-0.15, -0.1) is 11.3 Å². The van der Waals surface area contributed by atoms with Gasteiger partial charge in [-0.2, -0.15) is 5.26 Å². The molecule has 2 nitrogen and oxygen atoms in total. The van der Waals surface area contributed by atoms with Crippen molar-refractivity contribution >= 4 is 11.3 Å². The third-order valence-electron chi connectivity index (χ3n) is 1.32. The Kier molecular flexibility index (Phi) is 2.61. The van der Waals surface area contributed by atoms with Crippen molar-refractivity contribution in [3.8, 4) is 6.07 Å². The van der Waals surface area contributed by atoms with Crippen LogP contribution >= 0.6 is 11.3 Å². The van der Waals surface area contributed by atoms with Gasteiger partial charge in [0.1, 0.15) is 0 Å². The van der Waals surface area contributed by atoms with Gasteiger partial charge in [-0.05, 0) is 0 Å². The summed E-state index contributed by atoms with van der Waals surface area (Å²) in [6.45, 7) is 4.21. The van der Waals surface area contributed by atoms with Crippen molar-refractivity contribution in [2.45, 2.75) is 26.2 Å². The summed E-state index contributed by atoms with van der Waals surface area (Å²) in [6.07, 6.45) is 0.434. The highest BCUT2D eigenvalue weighted by Crippen LogP contribution is 2.18. The first kappa shape index (κ1) is 8.22. The van der Waals surface area contributed by atoms with E-state index in [1.807, 2.05) is 5.38 Å². The van der Waals surface area contributed by atoms with Gasteiger partial charge in [-0.3, -0.25) is 0 Å². The molecule has 1 rings (SSSR count). The van der Waals surface area contributed by atoms with Crippen molar-refractivity contribution in [3.63, 3.8) is 0 Å². The van der Waals surface area contributed by atoms with Gasteiger partial charge >= 0.3 is 0 Å². The number of nitriles is 1. The maximum Gasteiger partial charge on any atom is 0.0954 e. The molecule has 0 N–H and O–H groups in total. The third-order valence-corrected chi connectivity index (χ3v) is 2.52. The van der Waals surface area contributed by atoms with Crippen LogP contribution in [0.3, 0.4) is 0 Å². The Morgan fingerprint density at radius 2 is 2.45 bits per heavy atom. The van der Waals surface area contributed by atoms with Crippen LogP contribution in [0.4, 0.5) is 0 Å². The molecule has 0 unspecified atom stereocenters. The van der Waals surface area contributed by atoms with E-state index in [0.29, 0.717) is 12.3 Å². The molecule has 1 heterocycles. The van der Waals surface area contributed by atoms with E-state index in [9.17, 15) is 0 Å². The van der Waals surface area contributed by atoms with Gasteiger partial charge in [0.25, 0.3) is 0 Å². The first-order valence-corrected chi connectivity index (χ1v) is 4.43. The maximum absolute atomic E-state index is 8.38. The second-order valence-electron chi connectivity index (χ2n) is 2.67. The van der Waals surface area contributed by atoms with Gasteiger partial charge in [0.15, 0.2) is 0 Å². The van der Waals surface area contributed by atoms with E-state index in [0.717, 1.165) is 10.7 Å². The lowest BCUT2D eigenvalue weighted by Crippen LogP contribution is -1.87. The van der Waals surface area contributed by atoms with Crippen molar-refractivity contribution in [1.82, 2.24) is 4.98 Å². The predicted octanol–water partition coefficient (Wildman–Crippen LogP) is 2.33. The van der Waals surface area contributed by atoms with Crippen LogP contribution in [0.25, 0.3) is 0 Å². The fourth-order valence-corrected chi connectivity index (χ4v) is 1.58. The Bertz CT molecular complexity index is 270. The topological polar surface area (TPSA) is 36.7 Å². The van der Waals surface area contributed by atoms with Crippen LogP contribution in [-0.2, 0) is 6.42 Å². The molecule has 0 saturated heterocycles. The second kappa shape index (κ2) is 3.49. The molecule has 0 spiro atoms. The minimum absolute atomic E-state index is 0.434. The van der Waals surface area contributed by atoms with E-state index in [1.54, 1.807) is 11.3 Å². The molecule has 0 radical (unpaired) electrons. The minimum Gasteiger partial charge on any atom is -0.245 e. The van der Waals surface area contributed by atoms with E-state index in [4.69, 9.17) is 5.26 Å². The van der Waals surface area contributed by atoms with E-state index < -0.39 is 0 Å². The van der Waals surface area contributed by atoms with E-state index in [2.05, 4.69) is 24.9 Å². The number of hydrogen-bond acceptors (Lipinski definition) is 3. The molecule has 0 fully saturated rings. The minimum atomic E-state index is 0.434. The molecule has 11 heavy (non-hydrogen) atoms. The summed E-state index contributed by atoms with van der Waals surface area (Å²) in [5.41, 5.74) is 0.904.